The maximum absolute atomic E-state index is 13.3. The minimum Gasteiger partial charge on any atom is -0.312 e. The molecular weight excluding hydrogens is 305 g/mol. The zero-order valence-corrected chi connectivity index (χ0v) is 12.6. The topological polar surface area (TPSA) is 12.0 Å². The van der Waals surface area contributed by atoms with Crippen LogP contribution in [0.15, 0.2) is 53.0 Å². The van der Waals surface area contributed by atoms with Gasteiger partial charge in [0.05, 0.1) is 4.47 Å². The van der Waals surface area contributed by atoms with Gasteiger partial charge in [-0.3, -0.25) is 0 Å². The van der Waals surface area contributed by atoms with Gasteiger partial charge in [-0.05, 0) is 46.2 Å². The van der Waals surface area contributed by atoms with Gasteiger partial charge in [0.1, 0.15) is 5.82 Å². The molecule has 0 saturated heterocycles. The molecule has 0 aliphatic heterocycles. The van der Waals surface area contributed by atoms with Gasteiger partial charge in [-0.15, -0.1) is 0 Å². The Kier molecular flexibility index (Phi) is 4.72. The molecule has 2 rings (SSSR count). The van der Waals surface area contributed by atoms with Crippen molar-refractivity contribution < 1.29 is 4.39 Å². The SMILES string of the molecule is CNC(c1ccc(F)c(Br)c1)C(C)c1ccccc1. The predicted octanol–water partition coefficient (Wildman–Crippen LogP) is 4.65. The third-order valence-electron chi connectivity index (χ3n) is 3.44. The molecule has 100 valence electrons. The summed E-state index contributed by atoms with van der Waals surface area (Å²) >= 11 is 3.25. The molecule has 2 unspecified atom stereocenters. The summed E-state index contributed by atoms with van der Waals surface area (Å²) in [5, 5.41) is 3.32. The van der Waals surface area contributed by atoms with Gasteiger partial charge < -0.3 is 5.32 Å². The molecule has 2 aromatic rings. The lowest BCUT2D eigenvalue weighted by Crippen LogP contribution is -2.22. The summed E-state index contributed by atoms with van der Waals surface area (Å²) in [4.78, 5) is 0. The molecule has 0 aliphatic carbocycles. The normalized spacial score (nSPS) is 14.1. The van der Waals surface area contributed by atoms with Crippen LogP contribution in [0.4, 0.5) is 4.39 Å². The summed E-state index contributed by atoms with van der Waals surface area (Å²) in [7, 11) is 1.93. The average Bonchev–Trinajstić information content (AvgIpc) is 2.44. The number of nitrogens with one attached hydrogen (secondary N) is 1. The van der Waals surface area contributed by atoms with Gasteiger partial charge in [0.2, 0.25) is 0 Å². The summed E-state index contributed by atoms with van der Waals surface area (Å²) in [5.74, 6) is 0.0783. The van der Waals surface area contributed by atoms with Crippen LogP contribution >= 0.6 is 15.9 Å². The number of hydrogen-bond donors (Lipinski definition) is 1. The maximum Gasteiger partial charge on any atom is 0.137 e. The number of likely N-dealkylation sites (N-methyl/N-ethyl adjacent to an activating group) is 1. The van der Waals surface area contributed by atoms with E-state index in [4.69, 9.17) is 0 Å². The summed E-state index contributed by atoms with van der Waals surface area (Å²) in [6.07, 6.45) is 0. The second kappa shape index (κ2) is 6.31. The Hall–Kier alpha value is -1.19. The van der Waals surface area contributed by atoms with E-state index in [0.29, 0.717) is 10.4 Å². The highest BCUT2D eigenvalue weighted by Gasteiger charge is 2.19. The van der Waals surface area contributed by atoms with Crippen LogP contribution in [0.3, 0.4) is 0 Å². The summed E-state index contributed by atoms with van der Waals surface area (Å²) in [6.45, 7) is 2.17. The van der Waals surface area contributed by atoms with Crippen molar-refractivity contribution in [1.82, 2.24) is 5.32 Å². The van der Waals surface area contributed by atoms with Crippen LogP contribution in [-0.4, -0.2) is 7.05 Å². The molecule has 1 N–H and O–H groups in total. The zero-order chi connectivity index (χ0) is 13.8. The van der Waals surface area contributed by atoms with Gasteiger partial charge in [-0.2, -0.15) is 0 Å². The fraction of sp³-hybridized carbons (Fsp3) is 0.250. The molecular formula is C16H17BrFN. The van der Waals surface area contributed by atoms with Crippen molar-refractivity contribution in [2.75, 3.05) is 7.05 Å². The standard InChI is InChI=1S/C16H17BrFN/c1-11(12-6-4-3-5-7-12)16(19-2)13-8-9-15(18)14(17)10-13/h3-11,16,19H,1-2H3. The van der Waals surface area contributed by atoms with Crippen LogP contribution in [-0.2, 0) is 0 Å². The van der Waals surface area contributed by atoms with Crippen LogP contribution in [0, 0.1) is 5.82 Å². The smallest absolute Gasteiger partial charge is 0.137 e. The number of rotatable bonds is 4. The molecule has 0 amide bonds. The van der Waals surface area contributed by atoms with Gasteiger partial charge in [0.25, 0.3) is 0 Å². The Labute approximate surface area is 122 Å². The minimum absolute atomic E-state index is 0.152. The summed E-state index contributed by atoms with van der Waals surface area (Å²) in [6, 6.07) is 15.7. The van der Waals surface area contributed by atoms with Gasteiger partial charge >= 0.3 is 0 Å². The van der Waals surface area contributed by atoms with Crippen LogP contribution < -0.4 is 5.32 Å². The van der Waals surface area contributed by atoms with Crippen molar-refractivity contribution in [2.24, 2.45) is 0 Å². The molecule has 0 aliphatic rings. The Balaban J connectivity index is 2.31. The van der Waals surface area contributed by atoms with Gasteiger partial charge in [0, 0.05) is 12.0 Å². The molecule has 0 aromatic heterocycles. The lowest BCUT2D eigenvalue weighted by molar-refractivity contribution is 0.506. The minimum atomic E-state index is -0.231. The van der Waals surface area contributed by atoms with E-state index in [1.165, 1.54) is 11.6 Å². The second-order valence-corrected chi connectivity index (χ2v) is 5.49. The Morgan fingerprint density at radius 2 is 1.74 bits per heavy atom. The Morgan fingerprint density at radius 1 is 1.05 bits per heavy atom. The monoisotopic (exact) mass is 321 g/mol. The van der Waals surface area contributed by atoms with E-state index in [-0.39, 0.29) is 11.9 Å². The average molecular weight is 322 g/mol. The van der Waals surface area contributed by atoms with Gasteiger partial charge in [0.15, 0.2) is 0 Å². The van der Waals surface area contributed by atoms with E-state index in [0.717, 1.165) is 5.56 Å². The molecule has 1 nitrogen and oxygen atoms in total. The largest absolute Gasteiger partial charge is 0.312 e. The molecule has 0 bridgehead atoms. The van der Waals surface area contributed by atoms with E-state index in [2.05, 4.69) is 40.3 Å². The number of benzene rings is 2. The fourth-order valence-corrected chi connectivity index (χ4v) is 2.76. The van der Waals surface area contributed by atoms with Crippen LogP contribution in [0.5, 0.6) is 0 Å². The molecule has 2 atom stereocenters. The van der Waals surface area contributed by atoms with Crippen molar-refractivity contribution in [3.8, 4) is 0 Å². The van der Waals surface area contributed by atoms with Crippen LogP contribution in [0.2, 0.25) is 0 Å². The lowest BCUT2D eigenvalue weighted by atomic mass is 9.89. The highest BCUT2D eigenvalue weighted by atomic mass is 79.9. The van der Waals surface area contributed by atoms with Crippen molar-refractivity contribution >= 4 is 15.9 Å². The zero-order valence-electron chi connectivity index (χ0n) is 11.0. The molecule has 0 radical (unpaired) electrons. The molecule has 2 aromatic carbocycles. The highest BCUT2D eigenvalue weighted by Crippen LogP contribution is 2.32. The van der Waals surface area contributed by atoms with E-state index in [1.54, 1.807) is 0 Å². The first kappa shape index (κ1) is 14.2. The third-order valence-corrected chi connectivity index (χ3v) is 4.05. The second-order valence-electron chi connectivity index (χ2n) is 4.64. The first-order valence-corrected chi connectivity index (χ1v) is 7.10. The maximum atomic E-state index is 13.3. The van der Waals surface area contributed by atoms with Crippen LogP contribution in [0.25, 0.3) is 0 Å². The predicted molar refractivity (Wildman–Crippen MR) is 80.8 cm³/mol. The number of hydrogen-bond acceptors (Lipinski definition) is 1. The summed E-state index contributed by atoms with van der Waals surface area (Å²) in [5.41, 5.74) is 2.34. The third kappa shape index (κ3) is 3.23. The summed E-state index contributed by atoms with van der Waals surface area (Å²) < 4.78 is 13.8. The van der Waals surface area contributed by atoms with E-state index in [9.17, 15) is 4.39 Å². The lowest BCUT2D eigenvalue weighted by Gasteiger charge is -2.24. The first-order chi connectivity index (χ1) is 9.13. The molecule has 0 spiro atoms. The van der Waals surface area contributed by atoms with Crippen LogP contribution in [0.1, 0.15) is 30.0 Å². The molecule has 0 fully saturated rings. The van der Waals surface area contributed by atoms with E-state index in [1.807, 2.05) is 37.4 Å². The fourth-order valence-electron chi connectivity index (χ4n) is 2.36. The van der Waals surface area contributed by atoms with Crippen molar-refractivity contribution in [3.63, 3.8) is 0 Å². The molecule has 0 saturated carbocycles. The Bertz CT molecular complexity index is 542. The van der Waals surface area contributed by atoms with Gasteiger partial charge in [-0.25, -0.2) is 4.39 Å². The number of halogens is 2. The van der Waals surface area contributed by atoms with Crippen molar-refractivity contribution in [2.45, 2.75) is 18.9 Å². The quantitative estimate of drug-likeness (QED) is 0.864. The van der Waals surface area contributed by atoms with Crippen molar-refractivity contribution in [3.05, 3.63) is 69.9 Å². The van der Waals surface area contributed by atoms with E-state index < -0.39 is 0 Å². The van der Waals surface area contributed by atoms with Crippen molar-refractivity contribution in [1.29, 1.82) is 0 Å². The van der Waals surface area contributed by atoms with Gasteiger partial charge in [-0.1, -0.05) is 43.3 Å². The first-order valence-electron chi connectivity index (χ1n) is 6.30. The van der Waals surface area contributed by atoms with E-state index >= 15 is 0 Å². The molecule has 0 heterocycles. The molecule has 19 heavy (non-hydrogen) atoms. The highest BCUT2D eigenvalue weighted by molar-refractivity contribution is 9.10. The Morgan fingerprint density at radius 3 is 2.32 bits per heavy atom. The molecule has 3 heteroatoms.